The van der Waals surface area contributed by atoms with E-state index in [4.69, 9.17) is 11.6 Å². The molecule has 14 heavy (non-hydrogen) atoms. The Hall–Kier alpha value is 0.260. The minimum absolute atomic E-state index is 0.882. The highest BCUT2D eigenvalue weighted by molar-refractivity contribution is 8.01. The van der Waals surface area contributed by atoms with Crippen molar-refractivity contribution in [3.63, 3.8) is 0 Å². The van der Waals surface area contributed by atoms with E-state index in [2.05, 4.69) is 16.3 Å². The predicted octanol–water partition coefficient (Wildman–Crippen LogP) is 2.36. The van der Waals surface area contributed by atoms with Crippen LogP contribution < -0.4 is 5.32 Å². The van der Waals surface area contributed by atoms with Gasteiger partial charge in [0.1, 0.15) is 0 Å². The molecule has 1 saturated heterocycles. The summed E-state index contributed by atoms with van der Waals surface area (Å²) in [7, 11) is 0. The molecule has 5 heteroatoms. The van der Waals surface area contributed by atoms with Crippen LogP contribution in [0.15, 0.2) is 16.3 Å². The second kappa shape index (κ2) is 5.37. The molecule has 1 aliphatic rings. The standard InChI is InChI=1S/C9H13ClN2S2/c10-8-1-2-9(14-8)13-7-12-5-3-11-4-6-12/h1-2,11H,3-7H2. The largest absolute Gasteiger partial charge is 0.314 e. The molecule has 1 aromatic rings. The van der Waals surface area contributed by atoms with E-state index in [1.54, 1.807) is 11.3 Å². The molecule has 0 amide bonds. The van der Waals surface area contributed by atoms with Crippen LogP contribution >= 0.6 is 34.7 Å². The molecule has 2 heterocycles. The fourth-order valence-corrected chi connectivity index (χ4v) is 3.68. The molecule has 0 aromatic carbocycles. The van der Waals surface area contributed by atoms with E-state index >= 15 is 0 Å². The highest BCUT2D eigenvalue weighted by Crippen LogP contribution is 2.30. The minimum atomic E-state index is 0.882. The van der Waals surface area contributed by atoms with Crippen LogP contribution in [0, 0.1) is 0 Å². The van der Waals surface area contributed by atoms with Gasteiger partial charge in [0.15, 0.2) is 0 Å². The van der Waals surface area contributed by atoms with Gasteiger partial charge < -0.3 is 5.32 Å². The third kappa shape index (κ3) is 3.14. The van der Waals surface area contributed by atoms with Crippen LogP contribution in [0.1, 0.15) is 0 Å². The lowest BCUT2D eigenvalue weighted by atomic mass is 10.4. The van der Waals surface area contributed by atoms with Gasteiger partial charge in [-0.15, -0.1) is 11.3 Å². The molecule has 0 radical (unpaired) electrons. The summed E-state index contributed by atoms with van der Waals surface area (Å²) >= 11 is 9.41. The molecule has 1 aliphatic heterocycles. The summed E-state index contributed by atoms with van der Waals surface area (Å²) in [6.07, 6.45) is 0. The van der Waals surface area contributed by atoms with E-state index in [1.807, 2.05) is 17.8 Å². The van der Waals surface area contributed by atoms with Gasteiger partial charge in [-0.2, -0.15) is 0 Å². The molecule has 0 saturated carbocycles. The van der Waals surface area contributed by atoms with Crippen molar-refractivity contribution < 1.29 is 0 Å². The first-order valence-electron chi connectivity index (χ1n) is 4.66. The number of halogens is 1. The van der Waals surface area contributed by atoms with Gasteiger partial charge in [-0.1, -0.05) is 23.4 Å². The maximum absolute atomic E-state index is 5.86. The van der Waals surface area contributed by atoms with E-state index in [0.717, 1.165) is 36.4 Å². The smallest absolute Gasteiger partial charge is 0.0940 e. The van der Waals surface area contributed by atoms with Crippen LogP contribution in [0.4, 0.5) is 0 Å². The van der Waals surface area contributed by atoms with Gasteiger partial charge in [-0.3, -0.25) is 4.90 Å². The molecule has 1 N–H and O–H groups in total. The monoisotopic (exact) mass is 248 g/mol. The fraction of sp³-hybridized carbons (Fsp3) is 0.556. The van der Waals surface area contributed by atoms with Gasteiger partial charge in [0, 0.05) is 26.2 Å². The molecule has 1 aromatic heterocycles. The van der Waals surface area contributed by atoms with Crippen LogP contribution in [0.3, 0.4) is 0 Å². The summed E-state index contributed by atoms with van der Waals surface area (Å²) in [5.74, 6) is 1.08. The van der Waals surface area contributed by atoms with Gasteiger partial charge in [0.05, 0.1) is 14.4 Å². The normalized spacial score (nSPS) is 18.6. The lowest BCUT2D eigenvalue weighted by Gasteiger charge is -2.26. The Balaban J connectivity index is 1.76. The highest BCUT2D eigenvalue weighted by Gasteiger charge is 2.09. The molecule has 78 valence electrons. The molecule has 0 spiro atoms. The number of thiophene rings is 1. The van der Waals surface area contributed by atoms with Crippen molar-refractivity contribution in [2.75, 3.05) is 32.1 Å². The molecular weight excluding hydrogens is 236 g/mol. The van der Waals surface area contributed by atoms with Crippen LogP contribution in [0.25, 0.3) is 0 Å². The molecule has 0 atom stereocenters. The quantitative estimate of drug-likeness (QED) is 0.827. The second-order valence-electron chi connectivity index (χ2n) is 3.20. The molecule has 2 nitrogen and oxygen atoms in total. The van der Waals surface area contributed by atoms with Crippen LogP contribution in [-0.2, 0) is 0 Å². The number of hydrogen-bond donors (Lipinski definition) is 1. The van der Waals surface area contributed by atoms with Crippen LogP contribution in [0.5, 0.6) is 0 Å². The van der Waals surface area contributed by atoms with Crippen molar-refractivity contribution in [3.05, 3.63) is 16.5 Å². The number of piperazine rings is 1. The number of thioether (sulfide) groups is 1. The summed E-state index contributed by atoms with van der Waals surface area (Å²) < 4.78 is 2.20. The van der Waals surface area contributed by atoms with Crippen molar-refractivity contribution >= 4 is 34.7 Å². The summed E-state index contributed by atoms with van der Waals surface area (Å²) in [5, 5.41) is 3.35. The maximum atomic E-state index is 5.86. The molecule has 2 rings (SSSR count). The Kier molecular flexibility index (Phi) is 4.13. The Morgan fingerprint density at radius 1 is 1.43 bits per heavy atom. The lowest BCUT2D eigenvalue weighted by molar-refractivity contribution is 0.280. The zero-order valence-corrected chi connectivity index (χ0v) is 10.2. The molecule has 0 aliphatic carbocycles. The molecule has 0 unspecified atom stereocenters. The van der Waals surface area contributed by atoms with Crippen LogP contribution in [0.2, 0.25) is 4.34 Å². The zero-order valence-electron chi connectivity index (χ0n) is 7.83. The van der Waals surface area contributed by atoms with Crippen molar-refractivity contribution in [1.29, 1.82) is 0 Å². The SMILES string of the molecule is Clc1ccc(SCN2CCNCC2)s1. The van der Waals surface area contributed by atoms with Gasteiger partial charge in [-0.25, -0.2) is 0 Å². The fourth-order valence-electron chi connectivity index (χ4n) is 1.37. The number of hydrogen-bond acceptors (Lipinski definition) is 4. The van der Waals surface area contributed by atoms with Crippen molar-refractivity contribution in [3.8, 4) is 0 Å². The Morgan fingerprint density at radius 3 is 2.86 bits per heavy atom. The topological polar surface area (TPSA) is 15.3 Å². The van der Waals surface area contributed by atoms with Gasteiger partial charge in [0.25, 0.3) is 0 Å². The third-order valence-corrected chi connectivity index (χ3v) is 4.69. The van der Waals surface area contributed by atoms with E-state index in [1.165, 1.54) is 4.21 Å². The maximum Gasteiger partial charge on any atom is 0.0940 e. The zero-order chi connectivity index (χ0) is 9.80. The summed E-state index contributed by atoms with van der Waals surface area (Å²) in [6, 6.07) is 4.06. The summed E-state index contributed by atoms with van der Waals surface area (Å²) in [6.45, 7) is 4.55. The Labute approximate surface area is 97.6 Å². The Bertz CT molecular complexity index is 284. The first-order chi connectivity index (χ1) is 6.84. The molecule has 1 fully saturated rings. The van der Waals surface area contributed by atoms with Crippen molar-refractivity contribution in [2.24, 2.45) is 0 Å². The Morgan fingerprint density at radius 2 is 2.21 bits per heavy atom. The van der Waals surface area contributed by atoms with Crippen LogP contribution in [-0.4, -0.2) is 37.0 Å². The number of nitrogens with one attached hydrogen (secondary N) is 1. The molecular formula is C9H13ClN2S2. The van der Waals surface area contributed by atoms with E-state index < -0.39 is 0 Å². The van der Waals surface area contributed by atoms with Gasteiger partial charge in [0.2, 0.25) is 0 Å². The minimum Gasteiger partial charge on any atom is -0.314 e. The number of rotatable bonds is 3. The second-order valence-corrected chi connectivity index (χ2v) is 6.16. The van der Waals surface area contributed by atoms with E-state index in [9.17, 15) is 0 Å². The predicted molar refractivity (Wildman–Crippen MR) is 64.5 cm³/mol. The average Bonchev–Trinajstić information content (AvgIpc) is 2.63. The summed E-state index contributed by atoms with van der Waals surface area (Å²) in [5.41, 5.74) is 0. The van der Waals surface area contributed by atoms with Crippen molar-refractivity contribution in [1.82, 2.24) is 10.2 Å². The first-order valence-corrected chi connectivity index (χ1v) is 6.84. The van der Waals surface area contributed by atoms with Gasteiger partial charge in [-0.05, 0) is 12.1 Å². The average molecular weight is 249 g/mol. The van der Waals surface area contributed by atoms with E-state index in [-0.39, 0.29) is 0 Å². The highest BCUT2D eigenvalue weighted by atomic mass is 35.5. The van der Waals surface area contributed by atoms with Crippen molar-refractivity contribution in [2.45, 2.75) is 4.21 Å². The third-order valence-electron chi connectivity index (χ3n) is 2.15. The first kappa shape index (κ1) is 10.8. The lowest BCUT2D eigenvalue weighted by Crippen LogP contribution is -2.43. The van der Waals surface area contributed by atoms with Gasteiger partial charge >= 0.3 is 0 Å². The van der Waals surface area contributed by atoms with E-state index in [0.29, 0.717) is 0 Å². The number of nitrogens with zero attached hydrogens (tertiary/aromatic N) is 1. The summed E-state index contributed by atoms with van der Waals surface area (Å²) in [4.78, 5) is 2.47. The molecule has 0 bridgehead atoms.